The molecule has 0 saturated carbocycles. The standard InChI is InChI=1S/C79H51N3/c1-2-19-55(20-3-1)60-21-4-5-22-61(60)64-24-7-13-32-73(64)80(57-44-37-52(38-45-57)53-39-48-59(49-40-53)81-74-33-14-8-25-65(74)66-26-9-15-34-75(66)81)58-46-41-54(42-47-58)56-43-50-63-62-23-6-11-29-69(62)79(72(63)51-56)70-30-12-17-36-77(70)82-76-35-16-10-27-67(76)68-28-18-31-71(79)78(68)82/h1-51H. The largest absolute Gasteiger partial charge is 0.310 e. The smallest absolute Gasteiger partial charge is 0.0754 e. The molecule has 1 aliphatic carbocycles. The molecule has 2 aliphatic rings. The van der Waals surface area contributed by atoms with E-state index in [4.69, 9.17) is 0 Å². The van der Waals surface area contributed by atoms with Gasteiger partial charge in [-0.25, -0.2) is 0 Å². The minimum absolute atomic E-state index is 0.528. The average Bonchev–Trinajstić information content (AvgIpc) is 2.70. The van der Waals surface area contributed by atoms with Crippen molar-refractivity contribution in [2.75, 3.05) is 4.90 Å². The Morgan fingerprint density at radius 3 is 1.40 bits per heavy atom. The van der Waals surface area contributed by atoms with Crippen LogP contribution in [0.5, 0.6) is 0 Å². The second-order valence-corrected chi connectivity index (χ2v) is 21.9. The van der Waals surface area contributed by atoms with Gasteiger partial charge in [0.15, 0.2) is 0 Å². The van der Waals surface area contributed by atoms with Crippen molar-refractivity contribution in [3.8, 4) is 67.0 Å². The molecule has 0 saturated heterocycles. The Morgan fingerprint density at radius 1 is 0.256 bits per heavy atom. The van der Waals surface area contributed by atoms with Crippen molar-refractivity contribution in [2.45, 2.75) is 5.41 Å². The summed E-state index contributed by atoms with van der Waals surface area (Å²) in [6, 6.07) is 115. The molecule has 0 radical (unpaired) electrons. The number of para-hydroxylation sites is 6. The topological polar surface area (TPSA) is 13.1 Å². The summed E-state index contributed by atoms with van der Waals surface area (Å²) in [6.07, 6.45) is 0. The Bertz CT molecular complexity index is 4970. The van der Waals surface area contributed by atoms with Crippen LogP contribution in [0.1, 0.15) is 22.3 Å². The number of hydrogen-bond donors (Lipinski definition) is 0. The van der Waals surface area contributed by atoms with Crippen molar-refractivity contribution < 1.29 is 0 Å². The zero-order valence-electron chi connectivity index (χ0n) is 44.8. The molecule has 1 aliphatic heterocycles. The molecular weight excluding hydrogens is 991 g/mol. The van der Waals surface area contributed by atoms with Crippen molar-refractivity contribution in [2.24, 2.45) is 0 Å². The molecule has 2 aromatic heterocycles. The fourth-order valence-corrected chi connectivity index (χ4v) is 14.3. The van der Waals surface area contributed by atoms with Crippen LogP contribution >= 0.6 is 0 Å². The van der Waals surface area contributed by atoms with E-state index in [9.17, 15) is 0 Å². The zero-order chi connectivity index (χ0) is 53.9. The lowest BCUT2D eigenvalue weighted by molar-refractivity contribution is 0.749. The van der Waals surface area contributed by atoms with Crippen LogP contribution in [0.15, 0.2) is 309 Å². The van der Waals surface area contributed by atoms with Gasteiger partial charge in [0, 0.05) is 44.2 Å². The van der Waals surface area contributed by atoms with E-state index in [1.165, 1.54) is 110 Å². The van der Waals surface area contributed by atoms with Crippen molar-refractivity contribution in [1.82, 2.24) is 9.13 Å². The second-order valence-electron chi connectivity index (χ2n) is 21.9. The Hall–Kier alpha value is -10.7. The Morgan fingerprint density at radius 2 is 0.720 bits per heavy atom. The van der Waals surface area contributed by atoms with Crippen molar-refractivity contribution >= 4 is 60.7 Å². The van der Waals surface area contributed by atoms with E-state index < -0.39 is 5.41 Å². The van der Waals surface area contributed by atoms with E-state index in [2.05, 4.69) is 323 Å². The zero-order valence-corrected chi connectivity index (χ0v) is 44.8. The van der Waals surface area contributed by atoms with Gasteiger partial charge in [0.1, 0.15) is 0 Å². The molecule has 1 unspecified atom stereocenters. The quantitative estimate of drug-likeness (QED) is 0.148. The summed E-state index contributed by atoms with van der Waals surface area (Å²) in [4.78, 5) is 2.43. The number of nitrogens with zero attached hydrogens (tertiary/aromatic N) is 3. The van der Waals surface area contributed by atoms with Crippen LogP contribution in [0.4, 0.5) is 17.1 Å². The molecule has 1 spiro atoms. The minimum Gasteiger partial charge on any atom is -0.310 e. The fourth-order valence-electron chi connectivity index (χ4n) is 14.3. The van der Waals surface area contributed by atoms with Gasteiger partial charge in [0.05, 0.1) is 38.9 Å². The maximum atomic E-state index is 2.52. The van der Waals surface area contributed by atoms with Crippen molar-refractivity contribution in [3.05, 3.63) is 332 Å². The monoisotopic (exact) mass is 1040 g/mol. The summed E-state index contributed by atoms with van der Waals surface area (Å²) >= 11 is 0. The summed E-state index contributed by atoms with van der Waals surface area (Å²) in [5.74, 6) is 0. The fraction of sp³-hybridized carbons (Fsp3) is 0.0127. The first kappa shape index (κ1) is 46.2. The van der Waals surface area contributed by atoms with Gasteiger partial charge in [-0.1, -0.05) is 237 Å². The molecule has 0 fully saturated rings. The van der Waals surface area contributed by atoms with Crippen LogP contribution in [-0.4, -0.2) is 9.13 Å². The summed E-state index contributed by atoms with van der Waals surface area (Å²) in [7, 11) is 0. The minimum atomic E-state index is -0.528. The Labute approximate surface area is 476 Å². The van der Waals surface area contributed by atoms with E-state index in [1.807, 2.05) is 0 Å². The van der Waals surface area contributed by atoms with Gasteiger partial charge >= 0.3 is 0 Å². The van der Waals surface area contributed by atoms with Gasteiger partial charge in [0.2, 0.25) is 0 Å². The van der Waals surface area contributed by atoms with Gasteiger partial charge in [0.25, 0.3) is 0 Å². The summed E-state index contributed by atoms with van der Waals surface area (Å²) < 4.78 is 4.90. The highest BCUT2D eigenvalue weighted by molar-refractivity contribution is 6.13. The molecule has 13 aromatic carbocycles. The first-order chi connectivity index (χ1) is 40.7. The molecule has 0 amide bonds. The average molecular weight is 1040 g/mol. The van der Waals surface area contributed by atoms with Crippen LogP contribution in [0, 0.1) is 0 Å². The highest BCUT2D eigenvalue weighted by atomic mass is 15.1. The number of fused-ring (bicyclic) bond motifs is 15. The van der Waals surface area contributed by atoms with Crippen LogP contribution in [0.25, 0.3) is 111 Å². The molecule has 3 heteroatoms. The third-order valence-corrected chi connectivity index (χ3v) is 17.8. The maximum absolute atomic E-state index is 2.52. The molecule has 3 nitrogen and oxygen atoms in total. The Balaban J connectivity index is 0.791. The number of anilines is 3. The summed E-state index contributed by atoms with van der Waals surface area (Å²) in [5.41, 5.74) is 27.3. The normalized spacial score (nSPS) is 13.9. The predicted octanol–water partition coefficient (Wildman–Crippen LogP) is 20.7. The molecule has 17 rings (SSSR count). The number of hydrogen-bond acceptors (Lipinski definition) is 1. The van der Waals surface area contributed by atoms with Gasteiger partial charge in [-0.2, -0.15) is 0 Å². The van der Waals surface area contributed by atoms with E-state index in [0.29, 0.717) is 0 Å². The predicted molar refractivity (Wildman–Crippen MR) is 342 cm³/mol. The van der Waals surface area contributed by atoms with Gasteiger partial charge in [-0.3, -0.25) is 0 Å². The first-order valence-electron chi connectivity index (χ1n) is 28.4. The Kier molecular flexibility index (Phi) is 10.2. The molecule has 3 heterocycles. The van der Waals surface area contributed by atoms with E-state index in [0.717, 1.165) is 39.4 Å². The third kappa shape index (κ3) is 6.71. The lowest BCUT2D eigenvalue weighted by Crippen LogP contribution is -2.33. The molecular formula is C79H51N3. The lowest BCUT2D eigenvalue weighted by atomic mass is 9.65. The number of benzene rings is 13. The lowest BCUT2D eigenvalue weighted by Gasteiger charge is -2.39. The summed E-state index contributed by atoms with van der Waals surface area (Å²) in [5, 5.41) is 5.09. The summed E-state index contributed by atoms with van der Waals surface area (Å²) in [6.45, 7) is 0. The second kappa shape index (κ2) is 18.2. The van der Waals surface area contributed by atoms with Crippen LogP contribution < -0.4 is 4.90 Å². The van der Waals surface area contributed by atoms with E-state index >= 15 is 0 Å². The third-order valence-electron chi connectivity index (χ3n) is 17.8. The highest BCUT2D eigenvalue weighted by Crippen LogP contribution is 2.61. The first-order valence-corrected chi connectivity index (χ1v) is 28.4. The number of aromatic nitrogens is 2. The van der Waals surface area contributed by atoms with Crippen molar-refractivity contribution in [1.29, 1.82) is 0 Å². The molecule has 15 aromatic rings. The SMILES string of the molecule is c1ccc(-c2ccccc2-c2ccccc2N(c2ccc(-c3ccc(-n4c5ccccc5c5ccccc54)cc3)cc2)c2ccc(-c3ccc4c(c3)C3(c5ccccc5-4)c4ccccc4-n4c5ccccc5c5cccc3c54)cc2)cc1. The van der Waals surface area contributed by atoms with Crippen LogP contribution in [-0.2, 0) is 5.41 Å². The van der Waals surface area contributed by atoms with E-state index in [-0.39, 0.29) is 0 Å². The number of rotatable bonds is 8. The van der Waals surface area contributed by atoms with Gasteiger partial charge in [-0.05, 0) is 145 Å². The molecule has 382 valence electrons. The van der Waals surface area contributed by atoms with Gasteiger partial charge in [-0.15, -0.1) is 0 Å². The van der Waals surface area contributed by atoms with Gasteiger partial charge < -0.3 is 14.0 Å². The maximum Gasteiger partial charge on any atom is 0.0754 e. The van der Waals surface area contributed by atoms with E-state index in [1.54, 1.807) is 0 Å². The molecule has 82 heavy (non-hydrogen) atoms. The molecule has 1 atom stereocenters. The van der Waals surface area contributed by atoms with Crippen LogP contribution in [0.2, 0.25) is 0 Å². The molecule has 0 bridgehead atoms. The molecule has 0 N–H and O–H groups in total. The van der Waals surface area contributed by atoms with Crippen LogP contribution in [0.3, 0.4) is 0 Å². The van der Waals surface area contributed by atoms with Crippen molar-refractivity contribution in [3.63, 3.8) is 0 Å². The highest BCUT2D eigenvalue weighted by Gasteiger charge is 2.51.